The Bertz CT molecular complexity index is 652. The number of nitrogens with zero attached hydrogens (tertiary/aromatic N) is 2. The maximum absolute atomic E-state index is 12.0. The minimum Gasteiger partial charge on any atom is -0.465 e. The lowest BCUT2D eigenvalue weighted by Gasteiger charge is -2.19. The minimum absolute atomic E-state index is 0. The highest BCUT2D eigenvalue weighted by Gasteiger charge is 2.18. The van der Waals surface area contributed by atoms with E-state index in [1.807, 2.05) is 30.3 Å². The zero-order valence-corrected chi connectivity index (χ0v) is 15.3. The van der Waals surface area contributed by atoms with E-state index in [1.54, 1.807) is 11.6 Å². The molecule has 0 aliphatic heterocycles. The fraction of sp³-hybridized carbons (Fsp3) is 0.353. The van der Waals surface area contributed by atoms with Gasteiger partial charge in [-0.15, -0.1) is 23.7 Å². The van der Waals surface area contributed by atoms with Gasteiger partial charge in [-0.1, -0.05) is 30.3 Å². The number of hydrogen-bond donors (Lipinski definition) is 2. The van der Waals surface area contributed by atoms with E-state index in [0.29, 0.717) is 37.4 Å². The maximum atomic E-state index is 12.0. The van der Waals surface area contributed by atoms with Gasteiger partial charge in [-0.2, -0.15) is 0 Å². The van der Waals surface area contributed by atoms with Gasteiger partial charge >= 0.3 is 6.09 Å². The third kappa shape index (κ3) is 6.81. The van der Waals surface area contributed by atoms with Crippen LogP contribution in [0.5, 0.6) is 0 Å². The predicted octanol–water partition coefficient (Wildman–Crippen LogP) is 3.43. The van der Waals surface area contributed by atoms with Crippen LogP contribution in [0.25, 0.3) is 0 Å². The largest absolute Gasteiger partial charge is 0.465 e. The van der Waals surface area contributed by atoms with Crippen molar-refractivity contribution in [3.8, 4) is 0 Å². The lowest BCUT2D eigenvalue weighted by molar-refractivity contribution is 0.0954. The summed E-state index contributed by atoms with van der Waals surface area (Å²) in [6.07, 6.45) is 2.52. The molecule has 1 aromatic carbocycles. The molecular weight excluding hydrogens is 362 g/mol. The van der Waals surface area contributed by atoms with Crippen molar-refractivity contribution in [3.63, 3.8) is 0 Å². The summed E-state index contributed by atoms with van der Waals surface area (Å²) in [4.78, 5) is 28.7. The number of Topliss-reactive ketones (excluding diaryl/α,β-unsaturated/α-hetero) is 1. The van der Waals surface area contributed by atoms with Crippen LogP contribution in [0, 0.1) is 0 Å². The first kappa shape index (κ1) is 21.1. The van der Waals surface area contributed by atoms with E-state index in [1.165, 1.54) is 16.2 Å². The van der Waals surface area contributed by atoms with Crippen molar-refractivity contribution in [1.29, 1.82) is 0 Å². The standard InChI is InChI=1S/C17H21N3O3S.ClH/c18-14(15(21)16-19-9-11-24-16)8-4-5-10-20(17(22)23)12-13-6-2-1-3-7-13;/h1-3,6-7,9,11,14H,4-5,8,10,12,18H2,(H,22,23);1H/t14-;/m0./s1. The van der Waals surface area contributed by atoms with E-state index in [9.17, 15) is 14.7 Å². The molecule has 0 aliphatic carbocycles. The monoisotopic (exact) mass is 383 g/mol. The molecule has 136 valence electrons. The van der Waals surface area contributed by atoms with E-state index in [2.05, 4.69) is 4.98 Å². The van der Waals surface area contributed by atoms with Crippen LogP contribution in [0.2, 0.25) is 0 Å². The molecule has 0 bridgehead atoms. The van der Waals surface area contributed by atoms with Gasteiger partial charge in [-0.25, -0.2) is 9.78 Å². The summed E-state index contributed by atoms with van der Waals surface area (Å²) in [5.41, 5.74) is 6.85. The van der Waals surface area contributed by atoms with Gasteiger partial charge in [-0.05, 0) is 24.8 Å². The van der Waals surface area contributed by atoms with E-state index in [-0.39, 0.29) is 18.2 Å². The number of amides is 1. The van der Waals surface area contributed by atoms with Gasteiger partial charge < -0.3 is 15.7 Å². The molecular formula is C17H22ClN3O3S. The Morgan fingerprint density at radius 2 is 1.96 bits per heavy atom. The highest BCUT2D eigenvalue weighted by atomic mass is 35.5. The van der Waals surface area contributed by atoms with Crippen molar-refractivity contribution in [2.75, 3.05) is 6.54 Å². The van der Waals surface area contributed by atoms with Gasteiger partial charge in [0.25, 0.3) is 0 Å². The molecule has 1 heterocycles. The molecule has 0 saturated carbocycles. The van der Waals surface area contributed by atoms with Gasteiger partial charge in [0.15, 0.2) is 5.01 Å². The zero-order valence-electron chi connectivity index (χ0n) is 13.7. The fourth-order valence-electron chi connectivity index (χ4n) is 2.35. The van der Waals surface area contributed by atoms with Crippen LogP contribution in [-0.2, 0) is 6.54 Å². The number of thiazole rings is 1. The van der Waals surface area contributed by atoms with Crippen LogP contribution in [0.3, 0.4) is 0 Å². The molecule has 25 heavy (non-hydrogen) atoms. The first-order chi connectivity index (χ1) is 11.6. The van der Waals surface area contributed by atoms with Crippen molar-refractivity contribution < 1.29 is 14.7 Å². The van der Waals surface area contributed by atoms with Crippen molar-refractivity contribution in [2.24, 2.45) is 5.73 Å². The third-order valence-electron chi connectivity index (χ3n) is 3.66. The SMILES string of the molecule is Cl.N[C@@H](CCCCN(Cc1ccccc1)C(=O)O)C(=O)c1nccs1. The highest BCUT2D eigenvalue weighted by Crippen LogP contribution is 2.11. The Balaban J connectivity index is 0.00000312. The van der Waals surface area contributed by atoms with E-state index < -0.39 is 12.1 Å². The number of carbonyl (C=O) groups excluding carboxylic acids is 1. The molecule has 0 fully saturated rings. The normalized spacial score (nSPS) is 11.4. The number of aromatic nitrogens is 1. The number of ketones is 1. The Morgan fingerprint density at radius 3 is 2.56 bits per heavy atom. The second-order valence-corrected chi connectivity index (χ2v) is 6.39. The number of rotatable bonds is 9. The minimum atomic E-state index is -0.943. The summed E-state index contributed by atoms with van der Waals surface area (Å²) in [6, 6.07) is 8.90. The van der Waals surface area contributed by atoms with Gasteiger partial charge in [0, 0.05) is 24.7 Å². The number of unbranched alkanes of at least 4 members (excludes halogenated alkanes) is 1. The average molecular weight is 384 g/mol. The molecule has 3 N–H and O–H groups in total. The van der Waals surface area contributed by atoms with E-state index in [4.69, 9.17) is 5.73 Å². The van der Waals surface area contributed by atoms with E-state index >= 15 is 0 Å². The first-order valence-electron chi connectivity index (χ1n) is 7.79. The number of nitrogens with two attached hydrogens (primary N) is 1. The summed E-state index contributed by atoms with van der Waals surface area (Å²) in [5, 5.41) is 11.5. The van der Waals surface area contributed by atoms with Crippen LogP contribution in [0.15, 0.2) is 41.9 Å². The number of halogens is 1. The number of carboxylic acid groups (broad SMARTS) is 1. The van der Waals surface area contributed by atoms with Crippen LogP contribution < -0.4 is 5.73 Å². The van der Waals surface area contributed by atoms with Crippen molar-refractivity contribution in [3.05, 3.63) is 52.5 Å². The average Bonchev–Trinajstić information content (AvgIpc) is 3.12. The zero-order chi connectivity index (χ0) is 17.4. The second-order valence-electron chi connectivity index (χ2n) is 5.49. The Morgan fingerprint density at radius 1 is 1.24 bits per heavy atom. The Hall–Kier alpha value is -1.96. The quantitative estimate of drug-likeness (QED) is 0.510. The molecule has 2 aromatic rings. The van der Waals surface area contributed by atoms with Gasteiger partial charge in [0.05, 0.1) is 6.04 Å². The predicted molar refractivity (Wildman–Crippen MR) is 100 cm³/mol. The molecule has 1 aromatic heterocycles. The summed E-state index contributed by atoms with van der Waals surface area (Å²) in [7, 11) is 0. The number of carbonyl (C=O) groups is 2. The van der Waals surface area contributed by atoms with Crippen molar-refractivity contribution in [1.82, 2.24) is 9.88 Å². The Labute approximate surface area is 157 Å². The topological polar surface area (TPSA) is 96.5 Å². The molecule has 0 unspecified atom stereocenters. The van der Waals surface area contributed by atoms with Crippen LogP contribution >= 0.6 is 23.7 Å². The van der Waals surface area contributed by atoms with Crippen LogP contribution in [0.4, 0.5) is 4.79 Å². The number of benzene rings is 1. The molecule has 1 atom stereocenters. The smallest absolute Gasteiger partial charge is 0.407 e. The first-order valence-corrected chi connectivity index (χ1v) is 8.67. The molecule has 0 radical (unpaired) electrons. The van der Waals surface area contributed by atoms with Crippen LogP contribution in [0.1, 0.15) is 34.6 Å². The Kier molecular flexibility index (Phi) is 9.12. The lowest BCUT2D eigenvalue weighted by Crippen LogP contribution is -2.32. The molecule has 1 amide bonds. The van der Waals surface area contributed by atoms with Crippen molar-refractivity contribution >= 4 is 35.6 Å². The number of hydrogen-bond acceptors (Lipinski definition) is 5. The second kappa shape index (κ2) is 10.8. The summed E-state index contributed by atoms with van der Waals surface area (Å²) in [6.45, 7) is 0.780. The molecule has 0 saturated heterocycles. The lowest BCUT2D eigenvalue weighted by atomic mass is 10.1. The molecule has 0 aliphatic rings. The third-order valence-corrected chi connectivity index (χ3v) is 4.45. The molecule has 8 heteroatoms. The molecule has 0 spiro atoms. The molecule has 2 rings (SSSR count). The summed E-state index contributed by atoms with van der Waals surface area (Å²) in [5.74, 6) is -0.149. The summed E-state index contributed by atoms with van der Waals surface area (Å²) < 4.78 is 0. The van der Waals surface area contributed by atoms with Crippen molar-refractivity contribution in [2.45, 2.75) is 31.8 Å². The summed E-state index contributed by atoms with van der Waals surface area (Å²) >= 11 is 1.28. The molecule has 6 nitrogen and oxygen atoms in total. The van der Waals surface area contributed by atoms with Gasteiger partial charge in [0.1, 0.15) is 0 Å². The van der Waals surface area contributed by atoms with E-state index in [0.717, 1.165) is 5.56 Å². The van der Waals surface area contributed by atoms with Gasteiger partial charge in [0.2, 0.25) is 5.78 Å². The highest BCUT2D eigenvalue weighted by molar-refractivity contribution is 7.11. The van der Waals surface area contributed by atoms with Crippen LogP contribution in [-0.4, -0.2) is 39.5 Å². The van der Waals surface area contributed by atoms with Gasteiger partial charge in [-0.3, -0.25) is 4.79 Å². The maximum Gasteiger partial charge on any atom is 0.407 e. The fourth-order valence-corrected chi connectivity index (χ4v) is 2.99.